The molecule has 1 aromatic heterocycles. The van der Waals surface area contributed by atoms with Crippen molar-refractivity contribution in [2.24, 2.45) is 0 Å². The fourth-order valence-electron chi connectivity index (χ4n) is 2.33. The Labute approximate surface area is 112 Å². The van der Waals surface area contributed by atoms with Gasteiger partial charge in [-0.25, -0.2) is 0 Å². The van der Waals surface area contributed by atoms with E-state index in [1.807, 2.05) is 6.92 Å². The number of nitrogen functional groups attached to an aromatic ring is 1. The number of carbonyl (C=O) groups excluding carboxylic acids is 1. The zero-order chi connectivity index (χ0) is 13.8. The van der Waals surface area contributed by atoms with Crippen LogP contribution >= 0.6 is 0 Å². The quantitative estimate of drug-likeness (QED) is 0.852. The van der Waals surface area contributed by atoms with Crippen LogP contribution in [0.5, 0.6) is 0 Å². The van der Waals surface area contributed by atoms with Crippen molar-refractivity contribution >= 4 is 11.6 Å². The van der Waals surface area contributed by atoms with Gasteiger partial charge < -0.3 is 19.9 Å². The van der Waals surface area contributed by atoms with Crippen LogP contribution in [0.3, 0.4) is 0 Å². The molecule has 1 aliphatic rings. The van der Waals surface area contributed by atoms with Crippen LogP contribution in [0.1, 0.15) is 18.3 Å². The maximum Gasteiger partial charge on any atom is 0.242 e. The number of amides is 1. The molecule has 1 aliphatic heterocycles. The standard InChI is InChI=1S/C13H18N4O2/c1-2-12-11(15)7-10(8-14)17(12)9-13(18)16-3-5-19-6-4-16/h7H,2-6,9,15H2,1H3. The van der Waals surface area contributed by atoms with Gasteiger partial charge in [0.25, 0.3) is 0 Å². The van der Waals surface area contributed by atoms with Crippen molar-refractivity contribution in [3.63, 3.8) is 0 Å². The number of morpholine rings is 1. The van der Waals surface area contributed by atoms with E-state index in [2.05, 4.69) is 6.07 Å². The number of rotatable bonds is 3. The number of anilines is 1. The van der Waals surface area contributed by atoms with Crippen molar-refractivity contribution in [1.29, 1.82) is 5.26 Å². The molecule has 6 heteroatoms. The van der Waals surface area contributed by atoms with Crippen LogP contribution in [-0.4, -0.2) is 41.7 Å². The summed E-state index contributed by atoms with van der Waals surface area (Å²) in [6.07, 6.45) is 0.698. The Bertz CT molecular complexity index is 509. The lowest BCUT2D eigenvalue weighted by Gasteiger charge is -2.27. The van der Waals surface area contributed by atoms with E-state index in [-0.39, 0.29) is 12.5 Å². The molecule has 0 spiro atoms. The van der Waals surface area contributed by atoms with Gasteiger partial charge in [0.2, 0.25) is 5.91 Å². The molecule has 0 saturated carbocycles. The second kappa shape index (κ2) is 5.76. The minimum Gasteiger partial charge on any atom is -0.397 e. The van der Waals surface area contributed by atoms with Crippen LogP contribution in [-0.2, 0) is 22.5 Å². The maximum atomic E-state index is 12.2. The Morgan fingerprint density at radius 2 is 2.21 bits per heavy atom. The molecule has 1 fully saturated rings. The van der Waals surface area contributed by atoms with Crippen LogP contribution in [0.25, 0.3) is 0 Å². The monoisotopic (exact) mass is 262 g/mol. The topological polar surface area (TPSA) is 84.3 Å². The molecule has 0 atom stereocenters. The molecule has 0 aliphatic carbocycles. The van der Waals surface area contributed by atoms with E-state index >= 15 is 0 Å². The zero-order valence-corrected chi connectivity index (χ0v) is 11.1. The van der Waals surface area contributed by atoms with Gasteiger partial charge >= 0.3 is 0 Å². The van der Waals surface area contributed by atoms with Gasteiger partial charge in [-0.05, 0) is 12.5 Å². The van der Waals surface area contributed by atoms with Crippen LogP contribution < -0.4 is 5.73 Å². The number of nitriles is 1. The molecule has 6 nitrogen and oxygen atoms in total. The highest BCUT2D eigenvalue weighted by atomic mass is 16.5. The maximum absolute atomic E-state index is 12.2. The van der Waals surface area contributed by atoms with Gasteiger partial charge in [0.1, 0.15) is 18.3 Å². The first-order chi connectivity index (χ1) is 9.17. The van der Waals surface area contributed by atoms with E-state index in [0.29, 0.717) is 44.1 Å². The fraction of sp³-hybridized carbons (Fsp3) is 0.538. The van der Waals surface area contributed by atoms with Crippen LogP contribution in [0.4, 0.5) is 5.69 Å². The molecule has 0 bridgehead atoms. The van der Waals surface area contributed by atoms with Crippen molar-refractivity contribution < 1.29 is 9.53 Å². The number of carbonyl (C=O) groups is 1. The molecule has 1 amide bonds. The summed E-state index contributed by atoms with van der Waals surface area (Å²) >= 11 is 0. The molecule has 19 heavy (non-hydrogen) atoms. The molecular formula is C13H18N4O2. The third kappa shape index (κ3) is 2.71. The Hall–Kier alpha value is -2.00. The number of aromatic nitrogens is 1. The average molecular weight is 262 g/mol. The lowest BCUT2D eigenvalue weighted by Crippen LogP contribution is -2.42. The third-order valence-electron chi connectivity index (χ3n) is 3.35. The van der Waals surface area contributed by atoms with Gasteiger partial charge in [0.15, 0.2) is 0 Å². The lowest BCUT2D eigenvalue weighted by molar-refractivity contribution is -0.135. The molecule has 102 valence electrons. The van der Waals surface area contributed by atoms with Gasteiger partial charge in [-0.3, -0.25) is 4.79 Å². The second-order valence-electron chi connectivity index (χ2n) is 4.48. The van der Waals surface area contributed by atoms with Gasteiger partial charge in [-0.1, -0.05) is 6.92 Å². The number of nitrogens with two attached hydrogens (primary N) is 1. The summed E-state index contributed by atoms with van der Waals surface area (Å²) in [5.41, 5.74) is 7.73. The zero-order valence-electron chi connectivity index (χ0n) is 11.1. The fourth-order valence-corrected chi connectivity index (χ4v) is 2.33. The molecule has 0 aromatic carbocycles. The summed E-state index contributed by atoms with van der Waals surface area (Å²) in [6, 6.07) is 3.72. The second-order valence-corrected chi connectivity index (χ2v) is 4.48. The van der Waals surface area contributed by atoms with Crippen LogP contribution in [0.15, 0.2) is 6.07 Å². The molecule has 0 radical (unpaired) electrons. The first-order valence-corrected chi connectivity index (χ1v) is 6.40. The largest absolute Gasteiger partial charge is 0.397 e. The Morgan fingerprint density at radius 3 is 2.79 bits per heavy atom. The Balaban J connectivity index is 2.18. The molecule has 0 unspecified atom stereocenters. The lowest BCUT2D eigenvalue weighted by atomic mass is 10.3. The first-order valence-electron chi connectivity index (χ1n) is 6.40. The predicted molar refractivity (Wildman–Crippen MR) is 70.3 cm³/mol. The van der Waals surface area contributed by atoms with Gasteiger partial charge in [0, 0.05) is 18.8 Å². The summed E-state index contributed by atoms with van der Waals surface area (Å²) in [5, 5.41) is 9.10. The van der Waals surface area contributed by atoms with Crippen LogP contribution in [0.2, 0.25) is 0 Å². The molecule has 2 heterocycles. The van der Waals surface area contributed by atoms with E-state index in [0.717, 1.165) is 5.69 Å². The Kier molecular flexibility index (Phi) is 4.07. The van der Waals surface area contributed by atoms with Crippen molar-refractivity contribution in [1.82, 2.24) is 9.47 Å². The summed E-state index contributed by atoms with van der Waals surface area (Å²) in [4.78, 5) is 14.0. The Morgan fingerprint density at radius 1 is 1.53 bits per heavy atom. The predicted octanol–water partition coefficient (Wildman–Crippen LogP) is 0.363. The van der Waals surface area contributed by atoms with Gasteiger partial charge in [-0.15, -0.1) is 0 Å². The third-order valence-corrected chi connectivity index (χ3v) is 3.35. The van der Waals surface area contributed by atoms with Crippen molar-refractivity contribution in [2.45, 2.75) is 19.9 Å². The molecular weight excluding hydrogens is 244 g/mol. The smallest absolute Gasteiger partial charge is 0.242 e. The highest BCUT2D eigenvalue weighted by Gasteiger charge is 2.20. The van der Waals surface area contributed by atoms with Crippen LogP contribution in [0, 0.1) is 11.3 Å². The van der Waals surface area contributed by atoms with Gasteiger partial charge in [-0.2, -0.15) is 5.26 Å². The highest BCUT2D eigenvalue weighted by molar-refractivity contribution is 5.76. The summed E-state index contributed by atoms with van der Waals surface area (Å²) in [7, 11) is 0. The van der Waals surface area contributed by atoms with Crippen molar-refractivity contribution in [2.75, 3.05) is 32.0 Å². The minimum absolute atomic E-state index is 0.00472. The van der Waals surface area contributed by atoms with E-state index in [1.165, 1.54) is 0 Å². The minimum atomic E-state index is 0.00472. The summed E-state index contributed by atoms with van der Waals surface area (Å²) in [6.45, 7) is 4.50. The van der Waals surface area contributed by atoms with E-state index < -0.39 is 0 Å². The van der Waals surface area contributed by atoms with Gasteiger partial charge in [0.05, 0.1) is 18.9 Å². The SMILES string of the molecule is CCc1c(N)cc(C#N)n1CC(=O)N1CCOCC1. The molecule has 2 rings (SSSR count). The molecule has 2 N–H and O–H groups in total. The molecule has 1 saturated heterocycles. The number of ether oxygens (including phenoxy) is 1. The molecule has 1 aromatic rings. The van der Waals surface area contributed by atoms with E-state index in [4.69, 9.17) is 15.7 Å². The summed E-state index contributed by atoms with van der Waals surface area (Å²) in [5.74, 6) is 0.00472. The highest BCUT2D eigenvalue weighted by Crippen LogP contribution is 2.19. The number of hydrogen-bond donors (Lipinski definition) is 1. The van der Waals surface area contributed by atoms with Crippen molar-refractivity contribution in [3.8, 4) is 6.07 Å². The van der Waals surface area contributed by atoms with E-state index in [9.17, 15) is 4.79 Å². The van der Waals surface area contributed by atoms with Crippen molar-refractivity contribution in [3.05, 3.63) is 17.5 Å². The number of hydrogen-bond acceptors (Lipinski definition) is 4. The number of nitrogens with zero attached hydrogens (tertiary/aromatic N) is 3. The first kappa shape index (κ1) is 13.4. The van der Waals surface area contributed by atoms with E-state index in [1.54, 1.807) is 15.5 Å². The summed E-state index contributed by atoms with van der Waals surface area (Å²) < 4.78 is 6.94. The normalized spacial score (nSPS) is 15.3. The average Bonchev–Trinajstić information content (AvgIpc) is 2.75.